The van der Waals surface area contributed by atoms with Crippen LogP contribution in [0.4, 0.5) is 4.39 Å². The Morgan fingerprint density at radius 1 is 1.24 bits per heavy atom. The summed E-state index contributed by atoms with van der Waals surface area (Å²) in [5.74, 6) is 4.09. The van der Waals surface area contributed by atoms with Crippen molar-refractivity contribution < 1.29 is 12.8 Å². The summed E-state index contributed by atoms with van der Waals surface area (Å²) in [6.45, 7) is -0.978. The molecule has 0 saturated carbocycles. The van der Waals surface area contributed by atoms with Crippen molar-refractivity contribution in [3.05, 3.63) is 29.6 Å². The molecule has 1 aromatic carbocycles. The molecule has 0 fully saturated rings. The van der Waals surface area contributed by atoms with Crippen LogP contribution >= 0.6 is 0 Å². The van der Waals surface area contributed by atoms with Gasteiger partial charge in [0.1, 0.15) is 23.8 Å². The third-order valence-corrected chi connectivity index (χ3v) is 4.20. The van der Waals surface area contributed by atoms with E-state index in [0.29, 0.717) is 4.31 Å². The van der Waals surface area contributed by atoms with Gasteiger partial charge in [-0.2, -0.15) is 14.8 Å². The Kier molecular flexibility index (Phi) is 5.83. The molecule has 0 aliphatic carbocycles. The summed E-state index contributed by atoms with van der Waals surface area (Å²) >= 11 is 0. The highest BCUT2D eigenvalue weighted by Crippen LogP contribution is 2.20. The Labute approximate surface area is 122 Å². The maximum absolute atomic E-state index is 13.9. The molecule has 0 radical (unpaired) electrons. The maximum Gasteiger partial charge on any atom is 0.247 e. The van der Waals surface area contributed by atoms with E-state index >= 15 is 0 Å². The predicted octanol–water partition coefficient (Wildman–Crippen LogP) is 0.174. The lowest BCUT2D eigenvalue weighted by molar-refractivity contribution is 0.471. The average Bonchev–Trinajstić information content (AvgIpc) is 2.44. The highest BCUT2D eigenvalue weighted by atomic mass is 32.2. The molecule has 0 amide bonds. The molecular weight excluding hydrogens is 295 g/mol. The summed E-state index contributed by atoms with van der Waals surface area (Å²) < 4.78 is 38.9. The van der Waals surface area contributed by atoms with E-state index in [1.165, 1.54) is 6.07 Å². The minimum Gasteiger partial charge on any atom is -0.320 e. The van der Waals surface area contributed by atoms with Gasteiger partial charge in [0.05, 0.1) is 18.7 Å². The molecule has 6 nitrogen and oxygen atoms in total. The molecule has 2 N–H and O–H groups in total. The van der Waals surface area contributed by atoms with Crippen LogP contribution in [0.2, 0.25) is 0 Å². The van der Waals surface area contributed by atoms with Crippen LogP contribution in [0.25, 0.3) is 0 Å². The van der Waals surface area contributed by atoms with E-state index in [2.05, 4.69) is 11.8 Å². The molecule has 0 aromatic heterocycles. The number of halogens is 1. The van der Waals surface area contributed by atoms with Gasteiger partial charge in [0.2, 0.25) is 10.0 Å². The van der Waals surface area contributed by atoms with Gasteiger partial charge in [-0.1, -0.05) is 11.8 Å². The van der Waals surface area contributed by atoms with Crippen molar-refractivity contribution in [2.75, 3.05) is 19.6 Å². The lowest BCUT2D eigenvalue weighted by Crippen LogP contribution is -2.32. The Balaban J connectivity index is 3.26. The monoisotopic (exact) mass is 306 g/mol. The first-order valence-corrected chi connectivity index (χ1v) is 7.14. The first kappa shape index (κ1) is 16.6. The molecule has 0 bridgehead atoms. The van der Waals surface area contributed by atoms with Crippen molar-refractivity contribution in [3.8, 4) is 24.0 Å². The summed E-state index contributed by atoms with van der Waals surface area (Å²) in [6, 6.07) is 6.59. The topological polar surface area (TPSA) is 111 Å². The van der Waals surface area contributed by atoms with Gasteiger partial charge < -0.3 is 5.73 Å². The van der Waals surface area contributed by atoms with Crippen LogP contribution in [0.15, 0.2) is 23.1 Å². The van der Waals surface area contributed by atoms with Gasteiger partial charge in [-0.05, 0) is 18.2 Å². The van der Waals surface area contributed by atoms with Crippen molar-refractivity contribution in [2.24, 2.45) is 5.73 Å². The van der Waals surface area contributed by atoms with E-state index in [0.717, 1.165) is 12.1 Å². The van der Waals surface area contributed by atoms with Gasteiger partial charge in [-0.15, -0.1) is 0 Å². The fourth-order valence-corrected chi connectivity index (χ4v) is 2.74. The van der Waals surface area contributed by atoms with Crippen LogP contribution in [0, 0.1) is 40.3 Å². The summed E-state index contributed by atoms with van der Waals surface area (Å²) in [5.41, 5.74) is 5.47. The summed E-state index contributed by atoms with van der Waals surface area (Å²) in [7, 11) is -4.25. The van der Waals surface area contributed by atoms with E-state index in [4.69, 9.17) is 16.3 Å². The first-order chi connectivity index (χ1) is 9.97. The summed E-state index contributed by atoms with van der Waals surface area (Å²) in [6.07, 6.45) is 0. The highest BCUT2D eigenvalue weighted by molar-refractivity contribution is 7.89. The Hall–Kier alpha value is -2.44. The number of nitrogens with zero attached hydrogens (tertiary/aromatic N) is 3. The lowest BCUT2D eigenvalue weighted by atomic mass is 10.2. The Morgan fingerprint density at radius 3 is 2.33 bits per heavy atom. The van der Waals surface area contributed by atoms with Gasteiger partial charge in [0, 0.05) is 5.56 Å². The quantitative estimate of drug-likeness (QED) is 0.630. The summed E-state index contributed by atoms with van der Waals surface area (Å²) in [5, 5.41) is 17.2. The smallest absolute Gasteiger partial charge is 0.247 e. The number of sulfonamides is 1. The summed E-state index contributed by atoms with van der Waals surface area (Å²) in [4.78, 5) is -0.605. The minimum absolute atomic E-state index is 0.0970. The van der Waals surface area contributed by atoms with Crippen LogP contribution in [0.3, 0.4) is 0 Å². The van der Waals surface area contributed by atoms with Crippen molar-refractivity contribution in [2.45, 2.75) is 4.90 Å². The van der Waals surface area contributed by atoms with Gasteiger partial charge >= 0.3 is 0 Å². The average molecular weight is 306 g/mol. The molecule has 0 aliphatic heterocycles. The molecule has 108 valence electrons. The molecule has 8 heteroatoms. The van der Waals surface area contributed by atoms with Gasteiger partial charge in [0.15, 0.2) is 0 Å². The standard InChI is InChI=1S/C13H11FN4O2S/c14-12-10-11(2-1-5-15)3-4-13(12)21(19,20)18(8-6-16)9-7-17/h3-4,10H,5,8-9,15H2. The first-order valence-electron chi connectivity index (χ1n) is 5.70. The number of rotatable bonds is 4. The Bertz CT molecular complexity index is 750. The molecular formula is C13H11FN4O2S. The SMILES string of the molecule is N#CCN(CC#N)S(=O)(=O)c1ccc(C#CCN)cc1F. The van der Waals surface area contributed by atoms with E-state index in [1.54, 1.807) is 12.1 Å². The van der Waals surface area contributed by atoms with Crippen LogP contribution in [-0.2, 0) is 10.0 Å². The van der Waals surface area contributed by atoms with Gasteiger partial charge in [-0.3, -0.25) is 0 Å². The van der Waals surface area contributed by atoms with Crippen molar-refractivity contribution in [1.29, 1.82) is 10.5 Å². The minimum atomic E-state index is -4.25. The zero-order chi connectivity index (χ0) is 15.9. The van der Waals surface area contributed by atoms with Crippen LogP contribution < -0.4 is 5.73 Å². The normalized spacial score (nSPS) is 10.3. The molecule has 1 aromatic rings. The molecule has 0 atom stereocenters. The number of hydrogen-bond donors (Lipinski definition) is 1. The van der Waals surface area contributed by atoms with Crippen LogP contribution in [-0.4, -0.2) is 32.4 Å². The molecule has 0 aliphatic rings. The lowest BCUT2D eigenvalue weighted by Gasteiger charge is -2.16. The fourth-order valence-electron chi connectivity index (χ4n) is 1.46. The molecule has 1 rings (SSSR count). The van der Waals surface area contributed by atoms with E-state index < -0.39 is 33.8 Å². The Morgan fingerprint density at radius 2 is 1.86 bits per heavy atom. The maximum atomic E-state index is 13.9. The number of nitrogens with two attached hydrogens (primary N) is 1. The van der Waals surface area contributed by atoms with Gasteiger partial charge in [0.25, 0.3) is 0 Å². The highest BCUT2D eigenvalue weighted by Gasteiger charge is 2.27. The zero-order valence-corrected chi connectivity index (χ0v) is 11.7. The van der Waals surface area contributed by atoms with Crippen molar-refractivity contribution >= 4 is 10.0 Å². The zero-order valence-electron chi connectivity index (χ0n) is 10.9. The molecule has 0 saturated heterocycles. The largest absolute Gasteiger partial charge is 0.320 e. The molecule has 0 heterocycles. The second kappa shape index (κ2) is 7.37. The van der Waals surface area contributed by atoms with Crippen molar-refractivity contribution in [1.82, 2.24) is 4.31 Å². The van der Waals surface area contributed by atoms with E-state index in [-0.39, 0.29) is 12.1 Å². The third kappa shape index (κ3) is 4.01. The number of nitriles is 2. The third-order valence-electron chi connectivity index (χ3n) is 2.38. The molecule has 0 spiro atoms. The molecule has 0 unspecified atom stereocenters. The van der Waals surface area contributed by atoms with Gasteiger partial charge in [-0.25, -0.2) is 12.8 Å². The fraction of sp³-hybridized carbons (Fsp3) is 0.231. The van der Waals surface area contributed by atoms with Crippen LogP contribution in [0.1, 0.15) is 5.56 Å². The second-order valence-corrected chi connectivity index (χ2v) is 5.65. The van der Waals surface area contributed by atoms with E-state index in [9.17, 15) is 12.8 Å². The van der Waals surface area contributed by atoms with Crippen LogP contribution in [0.5, 0.6) is 0 Å². The van der Waals surface area contributed by atoms with Crippen molar-refractivity contribution in [3.63, 3.8) is 0 Å². The number of hydrogen-bond acceptors (Lipinski definition) is 5. The molecule has 21 heavy (non-hydrogen) atoms. The number of benzene rings is 1. The second-order valence-electron chi connectivity index (χ2n) is 3.74. The van der Waals surface area contributed by atoms with E-state index in [1.807, 2.05) is 0 Å². The predicted molar refractivity (Wildman–Crippen MR) is 72.3 cm³/mol.